The van der Waals surface area contributed by atoms with E-state index in [9.17, 15) is 9.18 Å². The molecule has 0 spiro atoms. The number of hydrogen-bond donors (Lipinski definition) is 1. The van der Waals surface area contributed by atoms with Gasteiger partial charge in [0.25, 0.3) is 5.91 Å². The number of hydrogen-bond acceptors (Lipinski definition) is 7. The van der Waals surface area contributed by atoms with Crippen LogP contribution in [0.5, 0.6) is 5.75 Å². The summed E-state index contributed by atoms with van der Waals surface area (Å²) in [6.07, 6.45) is 1.56. The summed E-state index contributed by atoms with van der Waals surface area (Å²) in [5, 5.41) is 18.1. The highest BCUT2D eigenvalue weighted by Gasteiger charge is 2.20. The largest absolute Gasteiger partial charge is 0.493 e. The molecule has 10 heteroatoms. The fourth-order valence-electron chi connectivity index (χ4n) is 3.42. The maximum atomic E-state index is 13.2. The van der Waals surface area contributed by atoms with Gasteiger partial charge in [-0.15, -0.1) is 10.2 Å². The summed E-state index contributed by atoms with van der Waals surface area (Å²) in [4.78, 5) is 12.8. The third kappa shape index (κ3) is 4.63. The van der Waals surface area contributed by atoms with Crippen LogP contribution < -0.4 is 10.1 Å². The first kappa shape index (κ1) is 22.1. The summed E-state index contributed by atoms with van der Waals surface area (Å²) in [7, 11) is 1.45. The number of carbonyl (C=O) groups is 1. The van der Waals surface area contributed by atoms with Crippen LogP contribution in [0.1, 0.15) is 16.1 Å². The van der Waals surface area contributed by atoms with E-state index in [0.717, 1.165) is 10.1 Å². The number of aromatic nitrogens is 4. The van der Waals surface area contributed by atoms with Gasteiger partial charge >= 0.3 is 0 Å². The van der Waals surface area contributed by atoms with Gasteiger partial charge in [-0.3, -0.25) is 10.1 Å². The van der Waals surface area contributed by atoms with E-state index >= 15 is 0 Å². The molecule has 0 fully saturated rings. The second kappa shape index (κ2) is 9.62. The predicted molar refractivity (Wildman–Crippen MR) is 131 cm³/mol. The zero-order chi connectivity index (χ0) is 23.5. The summed E-state index contributed by atoms with van der Waals surface area (Å²) >= 11 is 2.85. The minimum absolute atomic E-state index is 0.0898. The lowest BCUT2D eigenvalue weighted by atomic mass is 10.1. The summed E-state index contributed by atoms with van der Waals surface area (Å²) in [5.74, 6) is 0.197. The van der Waals surface area contributed by atoms with Gasteiger partial charge in [-0.2, -0.15) is 5.10 Å². The first-order valence-corrected chi connectivity index (χ1v) is 12.0. The predicted octanol–water partition coefficient (Wildman–Crippen LogP) is 5.57. The molecule has 5 rings (SSSR count). The molecule has 5 aromatic rings. The molecule has 0 saturated carbocycles. The van der Waals surface area contributed by atoms with Crippen LogP contribution in [0.15, 0.2) is 77.3 Å². The number of fused-ring (bicyclic) bond motifs is 1. The van der Waals surface area contributed by atoms with E-state index in [0.29, 0.717) is 10.8 Å². The van der Waals surface area contributed by atoms with Crippen LogP contribution in [0.25, 0.3) is 16.5 Å². The lowest BCUT2D eigenvalue weighted by molar-refractivity contribution is 0.101. The van der Waals surface area contributed by atoms with E-state index in [2.05, 4.69) is 44.9 Å². The molecule has 0 atom stereocenters. The molecule has 170 valence electrons. The van der Waals surface area contributed by atoms with E-state index in [4.69, 9.17) is 4.74 Å². The highest BCUT2D eigenvalue weighted by molar-refractivity contribution is 8.00. The average molecular weight is 492 g/mol. The van der Waals surface area contributed by atoms with E-state index in [1.54, 1.807) is 30.1 Å². The molecule has 0 radical (unpaired) electrons. The normalized spacial score (nSPS) is 11.0. The van der Waals surface area contributed by atoms with Crippen molar-refractivity contribution in [2.75, 3.05) is 12.4 Å². The summed E-state index contributed by atoms with van der Waals surface area (Å²) in [6, 6.07) is 20.3. The number of thioether (sulfide) groups is 1. The molecule has 1 amide bonds. The number of anilines is 1. The molecule has 0 aliphatic carbocycles. The van der Waals surface area contributed by atoms with Crippen molar-refractivity contribution in [1.82, 2.24) is 20.0 Å². The van der Waals surface area contributed by atoms with Gasteiger partial charge < -0.3 is 4.74 Å². The van der Waals surface area contributed by atoms with Crippen molar-refractivity contribution in [3.05, 3.63) is 90.0 Å². The molecule has 0 aliphatic rings. The molecule has 3 aromatic carbocycles. The number of ether oxygens (including phenoxy) is 1. The molecule has 0 aliphatic heterocycles. The molecule has 7 nitrogen and oxygen atoms in total. The summed E-state index contributed by atoms with van der Waals surface area (Å²) < 4.78 is 20.7. The van der Waals surface area contributed by atoms with Gasteiger partial charge in [-0.05, 0) is 40.6 Å². The van der Waals surface area contributed by atoms with E-state index in [1.807, 2.05) is 18.2 Å². The van der Waals surface area contributed by atoms with E-state index < -0.39 is 5.91 Å². The SMILES string of the molecule is COc1cn(-c2ccc(F)cc2)nc1C(=O)Nc1nnc(SCc2cccc3ccccc23)s1. The number of nitrogens with zero attached hydrogens (tertiary/aromatic N) is 4. The third-order valence-electron chi connectivity index (χ3n) is 5.06. The zero-order valence-electron chi connectivity index (χ0n) is 17.9. The van der Waals surface area contributed by atoms with Gasteiger partial charge in [0.2, 0.25) is 5.13 Å². The highest BCUT2D eigenvalue weighted by Crippen LogP contribution is 2.31. The third-order valence-corrected chi connectivity index (χ3v) is 7.09. The Morgan fingerprint density at radius 2 is 1.88 bits per heavy atom. The first-order valence-electron chi connectivity index (χ1n) is 10.2. The monoisotopic (exact) mass is 491 g/mol. The molecule has 0 saturated heterocycles. The standard InChI is InChI=1S/C24H18FN5O2S2/c1-32-20-13-30(18-11-9-17(25)10-12-18)29-21(20)22(31)26-23-27-28-24(34-23)33-14-16-7-4-6-15-5-2-3-8-19(15)16/h2-13H,14H2,1H3,(H,26,27,31). The lowest BCUT2D eigenvalue weighted by Gasteiger charge is -2.04. The van der Waals surface area contributed by atoms with Gasteiger partial charge in [0.15, 0.2) is 15.8 Å². The molecule has 0 bridgehead atoms. The number of methoxy groups -OCH3 is 1. The van der Waals surface area contributed by atoms with Crippen LogP contribution in [0.2, 0.25) is 0 Å². The van der Waals surface area contributed by atoms with Crippen LogP contribution in [-0.4, -0.2) is 33.0 Å². The maximum Gasteiger partial charge on any atom is 0.281 e. The van der Waals surface area contributed by atoms with Crippen LogP contribution in [0.4, 0.5) is 9.52 Å². The van der Waals surface area contributed by atoms with Crippen molar-refractivity contribution >= 4 is 44.9 Å². The Hall–Kier alpha value is -3.76. The fraction of sp³-hybridized carbons (Fsp3) is 0.0833. The van der Waals surface area contributed by atoms with Crippen molar-refractivity contribution in [2.45, 2.75) is 10.1 Å². The van der Waals surface area contributed by atoms with E-state index in [-0.39, 0.29) is 17.3 Å². The number of nitrogens with one attached hydrogen (secondary N) is 1. The minimum atomic E-state index is -0.473. The smallest absolute Gasteiger partial charge is 0.281 e. The molecule has 34 heavy (non-hydrogen) atoms. The van der Waals surface area contributed by atoms with Crippen LogP contribution in [-0.2, 0) is 5.75 Å². The van der Waals surface area contributed by atoms with Crippen LogP contribution in [0.3, 0.4) is 0 Å². The molecule has 0 unspecified atom stereocenters. The highest BCUT2D eigenvalue weighted by atomic mass is 32.2. The van der Waals surface area contributed by atoms with Gasteiger partial charge in [0.1, 0.15) is 5.82 Å². The molecule has 2 aromatic heterocycles. The second-order valence-electron chi connectivity index (χ2n) is 7.22. The molecular formula is C24H18FN5O2S2. The van der Waals surface area contributed by atoms with Crippen molar-refractivity contribution < 1.29 is 13.9 Å². The molecular weight excluding hydrogens is 473 g/mol. The zero-order valence-corrected chi connectivity index (χ0v) is 19.6. The molecule has 2 heterocycles. The fourth-order valence-corrected chi connectivity index (χ4v) is 5.17. The van der Waals surface area contributed by atoms with Crippen molar-refractivity contribution in [1.29, 1.82) is 0 Å². The molecule has 1 N–H and O–H groups in total. The Bertz CT molecular complexity index is 1460. The number of benzene rings is 3. The Balaban J connectivity index is 1.28. The van der Waals surface area contributed by atoms with Gasteiger partial charge in [-0.25, -0.2) is 9.07 Å². The first-order chi connectivity index (χ1) is 16.6. The minimum Gasteiger partial charge on any atom is -0.493 e. The Morgan fingerprint density at radius 1 is 1.09 bits per heavy atom. The van der Waals surface area contributed by atoms with Crippen LogP contribution in [0, 0.1) is 5.82 Å². The van der Waals surface area contributed by atoms with Gasteiger partial charge in [-0.1, -0.05) is 65.6 Å². The number of rotatable bonds is 7. The second-order valence-corrected chi connectivity index (χ2v) is 9.42. The Labute approximate surface area is 202 Å². The van der Waals surface area contributed by atoms with Crippen molar-refractivity contribution in [2.24, 2.45) is 0 Å². The Morgan fingerprint density at radius 3 is 2.71 bits per heavy atom. The number of halogens is 1. The van der Waals surface area contributed by atoms with Crippen LogP contribution >= 0.6 is 23.1 Å². The lowest BCUT2D eigenvalue weighted by Crippen LogP contribution is -2.14. The topological polar surface area (TPSA) is 81.9 Å². The maximum absolute atomic E-state index is 13.2. The number of amides is 1. The average Bonchev–Trinajstić information content (AvgIpc) is 3.50. The summed E-state index contributed by atoms with van der Waals surface area (Å²) in [5.41, 5.74) is 1.90. The number of carbonyl (C=O) groups excluding carboxylic acids is 1. The quantitative estimate of drug-likeness (QED) is 0.237. The van der Waals surface area contributed by atoms with Gasteiger partial charge in [0.05, 0.1) is 19.0 Å². The Kier molecular flexibility index (Phi) is 6.24. The van der Waals surface area contributed by atoms with E-state index in [1.165, 1.54) is 51.6 Å². The summed E-state index contributed by atoms with van der Waals surface area (Å²) in [6.45, 7) is 0. The van der Waals surface area contributed by atoms with Crippen molar-refractivity contribution in [3.8, 4) is 11.4 Å². The van der Waals surface area contributed by atoms with Gasteiger partial charge in [0, 0.05) is 5.75 Å². The van der Waals surface area contributed by atoms with Crippen molar-refractivity contribution in [3.63, 3.8) is 0 Å².